The summed E-state index contributed by atoms with van der Waals surface area (Å²) < 4.78 is 5.32. The molecule has 0 amide bonds. The van der Waals surface area contributed by atoms with E-state index < -0.39 is 11.7 Å². The van der Waals surface area contributed by atoms with Crippen molar-refractivity contribution in [3.63, 3.8) is 0 Å². The highest BCUT2D eigenvalue weighted by Gasteiger charge is 2.28. The third-order valence-corrected chi connectivity index (χ3v) is 3.85. The molecular weight excluding hydrogens is 266 g/mol. The zero-order valence-electron chi connectivity index (χ0n) is 13.4. The van der Waals surface area contributed by atoms with Crippen molar-refractivity contribution in [2.45, 2.75) is 57.7 Å². The number of nitrogens with two attached hydrogens (primary N) is 1. The number of benzene rings is 1. The van der Waals surface area contributed by atoms with Crippen molar-refractivity contribution in [2.75, 3.05) is 13.7 Å². The van der Waals surface area contributed by atoms with Crippen LogP contribution >= 0.6 is 0 Å². The molecule has 0 aliphatic heterocycles. The first-order chi connectivity index (χ1) is 10.0. The Morgan fingerprint density at radius 2 is 1.81 bits per heavy atom. The van der Waals surface area contributed by atoms with E-state index >= 15 is 0 Å². The molecule has 0 bridgehead atoms. The van der Waals surface area contributed by atoms with Gasteiger partial charge in [0.1, 0.15) is 5.75 Å². The van der Waals surface area contributed by atoms with Crippen LogP contribution in [-0.4, -0.2) is 23.9 Å². The smallest absolute Gasteiger partial charge is 0.119 e. The number of ether oxygens (including phenoxy) is 1. The minimum atomic E-state index is -0.866. The van der Waals surface area contributed by atoms with E-state index in [1.165, 1.54) is 0 Å². The van der Waals surface area contributed by atoms with Crippen molar-refractivity contribution in [2.24, 2.45) is 5.73 Å². The van der Waals surface area contributed by atoms with Crippen LogP contribution in [0.5, 0.6) is 5.75 Å². The fraction of sp³-hybridized carbons (Fsp3) is 0.647. The summed E-state index contributed by atoms with van der Waals surface area (Å²) in [4.78, 5) is 0. The van der Waals surface area contributed by atoms with Crippen molar-refractivity contribution in [3.8, 4) is 5.75 Å². The van der Waals surface area contributed by atoms with Crippen LogP contribution in [0, 0.1) is 0 Å². The van der Waals surface area contributed by atoms with Gasteiger partial charge in [-0.05, 0) is 49.1 Å². The van der Waals surface area contributed by atoms with Gasteiger partial charge in [-0.2, -0.15) is 0 Å². The fourth-order valence-electron chi connectivity index (χ4n) is 2.77. The highest BCUT2D eigenvalue weighted by molar-refractivity contribution is 5.38. The maximum Gasteiger partial charge on any atom is 0.119 e. The quantitative estimate of drug-likeness (QED) is 0.655. The lowest BCUT2D eigenvalue weighted by Crippen LogP contribution is -2.25. The zero-order valence-corrected chi connectivity index (χ0v) is 13.4. The van der Waals surface area contributed by atoms with Gasteiger partial charge < -0.3 is 20.7 Å². The molecule has 4 heteroatoms. The Morgan fingerprint density at radius 3 is 2.29 bits per heavy atom. The van der Waals surface area contributed by atoms with Crippen LogP contribution in [0.15, 0.2) is 18.2 Å². The molecule has 1 aromatic carbocycles. The first kappa shape index (κ1) is 18.0. The Bertz CT molecular complexity index is 428. The highest BCUT2D eigenvalue weighted by Crippen LogP contribution is 2.35. The maximum atomic E-state index is 11.0. The first-order valence-corrected chi connectivity index (χ1v) is 7.80. The van der Waals surface area contributed by atoms with Gasteiger partial charge in [0.2, 0.25) is 0 Å². The van der Waals surface area contributed by atoms with E-state index in [1.54, 1.807) is 7.11 Å². The molecule has 0 saturated heterocycles. The number of methoxy groups -OCH3 is 1. The molecule has 21 heavy (non-hydrogen) atoms. The molecular formula is C17H29NO3. The van der Waals surface area contributed by atoms with Gasteiger partial charge in [0, 0.05) is 0 Å². The predicted molar refractivity (Wildman–Crippen MR) is 85.3 cm³/mol. The van der Waals surface area contributed by atoms with E-state index in [-0.39, 0.29) is 0 Å². The van der Waals surface area contributed by atoms with Gasteiger partial charge in [-0.1, -0.05) is 32.8 Å². The average Bonchev–Trinajstić information content (AvgIpc) is 2.47. The van der Waals surface area contributed by atoms with Crippen LogP contribution in [0.25, 0.3) is 0 Å². The van der Waals surface area contributed by atoms with Gasteiger partial charge in [-0.15, -0.1) is 0 Å². The molecule has 0 spiro atoms. The average molecular weight is 295 g/mol. The second-order valence-corrected chi connectivity index (χ2v) is 5.62. The van der Waals surface area contributed by atoms with E-state index in [0.717, 1.165) is 24.0 Å². The fourth-order valence-corrected chi connectivity index (χ4v) is 2.77. The standard InChI is InChI=1S/C17H29NO3/c1-4-7-17(20,8-5-2)14-10-13(16(19)6-9-18)11-15(12-14)21-3/h10-12,16,19-20H,4-9,18H2,1-3H3. The molecule has 4 N–H and O–H groups in total. The molecule has 1 aromatic rings. The molecule has 0 fully saturated rings. The minimum absolute atomic E-state index is 0.419. The second-order valence-electron chi connectivity index (χ2n) is 5.62. The van der Waals surface area contributed by atoms with E-state index in [2.05, 4.69) is 13.8 Å². The predicted octanol–water partition coefficient (Wildman–Crippen LogP) is 2.87. The largest absolute Gasteiger partial charge is 0.497 e. The molecule has 1 rings (SSSR count). The number of aliphatic hydroxyl groups excluding tert-OH is 1. The van der Waals surface area contributed by atoms with E-state index in [9.17, 15) is 10.2 Å². The highest BCUT2D eigenvalue weighted by atomic mass is 16.5. The summed E-state index contributed by atoms with van der Waals surface area (Å²) in [7, 11) is 1.59. The molecule has 1 unspecified atom stereocenters. The number of hydrogen-bond acceptors (Lipinski definition) is 4. The van der Waals surface area contributed by atoms with Crippen LogP contribution in [0.4, 0.5) is 0 Å². The van der Waals surface area contributed by atoms with Gasteiger partial charge >= 0.3 is 0 Å². The summed E-state index contributed by atoms with van der Waals surface area (Å²) >= 11 is 0. The zero-order chi connectivity index (χ0) is 15.9. The summed E-state index contributed by atoms with van der Waals surface area (Å²) in [6, 6.07) is 5.56. The lowest BCUT2D eigenvalue weighted by Gasteiger charge is -2.29. The summed E-state index contributed by atoms with van der Waals surface area (Å²) in [6.45, 7) is 4.54. The van der Waals surface area contributed by atoms with Gasteiger partial charge in [0.15, 0.2) is 0 Å². The second kappa shape index (κ2) is 8.37. The molecule has 0 aliphatic carbocycles. The summed E-state index contributed by atoms with van der Waals surface area (Å²) in [5, 5.41) is 21.2. The van der Waals surface area contributed by atoms with Crippen LogP contribution in [0.1, 0.15) is 63.2 Å². The molecule has 0 heterocycles. The molecule has 0 radical (unpaired) electrons. The van der Waals surface area contributed by atoms with Gasteiger partial charge in [-0.3, -0.25) is 0 Å². The Labute approximate surface area is 127 Å². The molecule has 120 valence electrons. The lowest BCUT2D eigenvalue weighted by atomic mass is 9.84. The van der Waals surface area contributed by atoms with Crippen LogP contribution in [0.2, 0.25) is 0 Å². The molecule has 1 atom stereocenters. The third-order valence-electron chi connectivity index (χ3n) is 3.85. The summed E-state index contributed by atoms with van der Waals surface area (Å²) in [6.07, 6.45) is 3.05. The molecule has 0 aliphatic rings. The van der Waals surface area contributed by atoms with Gasteiger partial charge in [-0.25, -0.2) is 0 Å². The SMILES string of the molecule is CCCC(O)(CCC)c1cc(OC)cc(C(O)CCN)c1. The monoisotopic (exact) mass is 295 g/mol. The van der Waals surface area contributed by atoms with Crippen molar-refractivity contribution in [1.82, 2.24) is 0 Å². The number of hydrogen-bond donors (Lipinski definition) is 3. The lowest BCUT2D eigenvalue weighted by molar-refractivity contribution is 0.0165. The normalized spacial score (nSPS) is 13.2. The van der Waals surface area contributed by atoms with Crippen LogP contribution in [0.3, 0.4) is 0 Å². The molecule has 0 saturated carbocycles. The van der Waals surface area contributed by atoms with E-state index in [1.807, 2.05) is 18.2 Å². The number of rotatable bonds is 9. The Kier molecular flexibility index (Phi) is 7.15. The topological polar surface area (TPSA) is 75.7 Å². The van der Waals surface area contributed by atoms with Crippen molar-refractivity contribution >= 4 is 0 Å². The first-order valence-electron chi connectivity index (χ1n) is 7.80. The van der Waals surface area contributed by atoms with E-state index in [4.69, 9.17) is 10.5 Å². The van der Waals surface area contributed by atoms with Crippen LogP contribution < -0.4 is 10.5 Å². The summed E-state index contributed by atoms with van der Waals surface area (Å²) in [5.74, 6) is 0.657. The van der Waals surface area contributed by atoms with Gasteiger partial charge in [0.05, 0.1) is 18.8 Å². The van der Waals surface area contributed by atoms with Crippen molar-refractivity contribution in [3.05, 3.63) is 29.3 Å². The van der Waals surface area contributed by atoms with Gasteiger partial charge in [0.25, 0.3) is 0 Å². The van der Waals surface area contributed by atoms with Crippen molar-refractivity contribution < 1.29 is 14.9 Å². The number of aliphatic hydroxyl groups is 2. The molecule has 4 nitrogen and oxygen atoms in total. The minimum Gasteiger partial charge on any atom is -0.497 e. The summed E-state index contributed by atoms with van der Waals surface area (Å²) in [5.41, 5.74) is 6.22. The van der Waals surface area contributed by atoms with Crippen LogP contribution in [-0.2, 0) is 5.60 Å². The van der Waals surface area contributed by atoms with E-state index in [0.29, 0.717) is 31.6 Å². The third kappa shape index (κ3) is 4.70. The van der Waals surface area contributed by atoms with Crippen molar-refractivity contribution in [1.29, 1.82) is 0 Å². The Hall–Kier alpha value is -1.10. The maximum absolute atomic E-state index is 11.0. The molecule has 0 aromatic heterocycles. The Balaban J connectivity index is 3.23. The Morgan fingerprint density at radius 1 is 1.19 bits per heavy atom.